The first-order chi connectivity index (χ1) is 13.1. The van der Waals surface area contributed by atoms with Crippen LogP contribution in [-0.4, -0.2) is 16.3 Å². The summed E-state index contributed by atoms with van der Waals surface area (Å²) in [5.41, 5.74) is 0.595. The number of hydrogen-bond donors (Lipinski definition) is 1. The number of benzene rings is 2. The summed E-state index contributed by atoms with van der Waals surface area (Å²) in [7, 11) is 4.03. The number of hydrogen-bond acceptors (Lipinski definition) is 2. The Morgan fingerprint density at radius 3 is 2.54 bits per heavy atom. The summed E-state index contributed by atoms with van der Waals surface area (Å²) >= 11 is 0. The lowest BCUT2D eigenvalue weighted by Gasteiger charge is -2.19. The van der Waals surface area contributed by atoms with Gasteiger partial charge in [0, 0.05) is 31.0 Å². The van der Waals surface area contributed by atoms with Crippen molar-refractivity contribution in [3.05, 3.63) is 74.6 Å². The van der Waals surface area contributed by atoms with Crippen molar-refractivity contribution >= 4 is 25.4 Å². The van der Waals surface area contributed by atoms with Crippen molar-refractivity contribution in [1.82, 2.24) is 4.57 Å². The summed E-state index contributed by atoms with van der Waals surface area (Å²) in [4.78, 5) is 12.9. The molecule has 1 N–H and O–H groups in total. The number of aryl methyl sites for hydroxylation is 2. The number of rotatable bonds is 4. The molecule has 0 fully saturated rings. The van der Waals surface area contributed by atoms with E-state index in [4.69, 9.17) is 5.11 Å². The molecule has 3 nitrogen and oxygen atoms in total. The van der Waals surface area contributed by atoms with E-state index in [0.29, 0.717) is 11.1 Å². The summed E-state index contributed by atoms with van der Waals surface area (Å²) in [6.07, 6.45) is -4.54. The van der Waals surface area contributed by atoms with Gasteiger partial charge in [-0.05, 0) is 47.5 Å². The van der Waals surface area contributed by atoms with Gasteiger partial charge in [0.05, 0.1) is 11.1 Å². The van der Waals surface area contributed by atoms with E-state index in [2.05, 4.69) is 9.24 Å². The second-order valence-electron chi connectivity index (χ2n) is 6.87. The van der Waals surface area contributed by atoms with Gasteiger partial charge in [0.25, 0.3) is 5.56 Å². The van der Waals surface area contributed by atoms with Crippen LogP contribution >= 0.6 is 9.24 Å². The molecule has 0 spiro atoms. The molecule has 0 aliphatic rings. The number of nitrogens with zero attached hydrogens (tertiary/aromatic N) is 1. The quantitative estimate of drug-likeness (QED) is 0.673. The predicted octanol–water partition coefficient (Wildman–Crippen LogP) is 3.49. The maximum Gasteiger partial charge on any atom is 0.417 e. The third-order valence-corrected chi connectivity index (χ3v) is 5.85. The van der Waals surface area contributed by atoms with Crippen molar-refractivity contribution in [3.8, 4) is 0 Å². The van der Waals surface area contributed by atoms with Gasteiger partial charge in [-0.1, -0.05) is 24.3 Å². The zero-order valence-corrected chi connectivity index (χ0v) is 16.8. The number of halogens is 3. The van der Waals surface area contributed by atoms with Gasteiger partial charge in [-0.25, -0.2) is 0 Å². The van der Waals surface area contributed by atoms with E-state index in [9.17, 15) is 18.0 Å². The lowest BCUT2D eigenvalue weighted by molar-refractivity contribution is -0.137. The van der Waals surface area contributed by atoms with Crippen molar-refractivity contribution in [3.63, 3.8) is 0 Å². The lowest BCUT2D eigenvalue weighted by Crippen LogP contribution is -2.28. The van der Waals surface area contributed by atoms with Gasteiger partial charge in [0.15, 0.2) is 0 Å². The van der Waals surface area contributed by atoms with Crippen LogP contribution in [0.4, 0.5) is 13.2 Å². The van der Waals surface area contributed by atoms with Crippen LogP contribution in [0.15, 0.2) is 41.2 Å². The van der Waals surface area contributed by atoms with Gasteiger partial charge in [-0.2, -0.15) is 13.2 Å². The summed E-state index contributed by atoms with van der Waals surface area (Å²) in [6.45, 7) is 1.71. The number of pyridine rings is 1. The van der Waals surface area contributed by atoms with Gasteiger partial charge in [-0.3, -0.25) is 4.79 Å². The molecule has 0 aliphatic heterocycles. The monoisotopic (exact) mass is 407 g/mol. The Morgan fingerprint density at radius 1 is 1.18 bits per heavy atom. The van der Waals surface area contributed by atoms with E-state index < -0.39 is 17.3 Å². The number of aliphatic hydroxyl groups is 1. The third-order valence-electron chi connectivity index (χ3n) is 5.02. The lowest BCUT2D eigenvalue weighted by atomic mass is 9.95. The molecule has 0 amide bonds. The molecule has 7 heteroatoms. The molecule has 148 valence electrons. The number of fused-ring (bicyclic) bond motifs is 1. The largest absolute Gasteiger partial charge is 0.417 e. The molecule has 1 atom stereocenters. The van der Waals surface area contributed by atoms with Gasteiger partial charge in [0.1, 0.15) is 0 Å². The van der Waals surface area contributed by atoms with Gasteiger partial charge >= 0.3 is 6.18 Å². The number of aromatic nitrogens is 1. The van der Waals surface area contributed by atoms with Crippen LogP contribution in [0.25, 0.3) is 10.9 Å². The average Bonchev–Trinajstić information content (AvgIpc) is 2.62. The Hall–Kier alpha value is -2.17. The maximum atomic E-state index is 14.1. The molecule has 0 radical (unpaired) electrons. The van der Waals surface area contributed by atoms with Crippen LogP contribution in [0, 0.1) is 6.92 Å². The molecule has 2 aromatic carbocycles. The smallest absolute Gasteiger partial charge is 0.396 e. The van der Waals surface area contributed by atoms with E-state index in [-0.39, 0.29) is 35.9 Å². The SMILES string of the molecule is Cc1cccc(Cc2c(C(F)(F)F)c3cc(CCO)ccc3n(C)c2=O)c1P. The standard InChI is InChI=1S/C21H21F3NO2P/c1-12-4-3-5-14(19(12)28)11-16-18(21(22,23)24)15-10-13(8-9-26)6-7-17(15)25(2)20(16)27/h3-7,10,26H,8-9,11,28H2,1-2H3. The van der Waals surface area contributed by atoms with Crippen LogP contribution in [-0.2, 0) is 26.1 Å². The molecule has 1 aromatic heterocycles. The van der Waals surface area contributed by atoms with Crippen molar-refractivity contribution in [1.29, 1.82) is 0 Å². The first-order valence-corrected chi connectivity index (χ1v) is 9.39. The Morgan fingerprint density at radius 2 is 1.89 bits per heavy atom. The van der Waals surface area contributed by atoms with E-state index in [0.717, 1.165) is 10.9 Å². The second-order valence-corrected chi connectivity index (χ2v) is 7.44. The Kier molecular flexibility index (Phi) is 5.64. The fourth-order valence-corrected chi connectivity index (χ4v) is 3.81. The average molecular weight is 407 g/mol. The van der Waals surface area contributed by atoms with Crippen molar-refractivity contribution < 1.29 is 18.3 Å². The molecule has 0 aliphatic carbocycles. The normalized spacial score (nSPS) is 12.0. The highest BCUT2D eigenvalue weighted by molar-refractivity contribution is 7.27. The third kappa shape index (κ3) is 3.71. The minimum Gasteiger partial charge on any atom is -0.396 e. The van der Waals surface area contributed by atoms with E-state index in [1.807, 2.05) is 13.0 Å². The highest BCUT2D eigenvalue weighted by Gasteiger charge is 2.37. The zero-order chi connectivity index (χ0) is 20.6. The predicted molar refractivity (Wildman–Crippen MR) is 108 cm³/mol. The highest BCUT2D eigenvalue weighted by Crippen LogP contribution is 2.37. The maximum absolute atomic E-state index is 14.1. The first-order valence-electron chi connectivity index (χ1n) is 8.81. The molecule has 0 bridgehead atoms. The molecule has 1 heterocycles. The van der Waals surface area contributed by atoms with E-state index in [1.54, 1.807) is 18.2 Å². The van der Waals surface area contributed by atoms with Crippen LogP contribution in [0.1, 0.15) is 27.8 Å². The second kappa shape index (κ2) is 7.69. The molecule has 28 heavy (non-hydrogen) atoms. The van der Waals surface area contributed by atoms with Crippen molar-refractivity contribution in [2.75, 3.05) is 6.61 Å². The highest BCUT2D eigenvalue weighted by atomic mass is 31.0. The minimum atomic E-state index is -4.68. The summed E-state index contributed by atoms with van der Waals surface area (Å²) < 4.78 is 43.5. The fourth-order valence-electron chi connectivity index (χ4n) is 3.52. The van der Waals surface area contributed by atoms with Crippen molar-refractivity contribution in [2.24, 2.45) is 7.05 Å². The molecule has 0 saturated carbocycles. The van der Waals surface area contributed by atoms with Crippen molar-refractivity contribution in [2.45, 2.75) is 25.9 Å². The minimum absolute atomic E-state index is 0.0199. The molecular weight excluding hydrogens is 386 g/mol. The first kappa shape index (κ1) is 20.6. The van der Waals surface area contributed by atoms with Gasteiger partial charge in [-0.15, -0.1) is 9.24 Å². The van der Waals surface area contributed by atoms with Crippen LogP contribution < -0.4 is 10.9 Å². The fraction of sp³-hybridized carbons (Fsp3) is 0.286. The topological polar surface area (TPSA) is 42.2 Å². The van der Waals surface area contributed by atoms with Crippen LogP contribution in [0.5, 0.6) is 0 Å². The molecular formula is C21H21F3NO2P. The van der Waals surface area contributed by atoms with Gasteiger partial charge in [0.2, 0.25) is 0 Å². The van der Waals surface area contributed by atoms with Gasteiger partial charge < -0.3 is 9.67 Å². The zero-order valence-electron chi connectivity index (χ0n) is 15.6. The Bertz CT molecular complexity index is 1100. The van der Waals surface area contributed by atoms with E-state index in [1.165, 1.54) is 23.7 Å². The molecule has 3 aromatic rings. The molecule has 3 rings (SSSR count). The summed E-state index contributed by atoms with van der Waals surface area (Å²) in [6, 6.07) is 9.96. The summed E-state index contributed by atoms with van der Waals surface area (Å²) in [5, 5.41) is 9.92. The van der Waals surface area contributed by atoms with Crippen LogP contribution in [0.3, 0.4) is 0 Å². The molecule has 0 saturated heterocycles. The number of alkyl halides is 3. The van der Waals surface area contributed by atoms with Crippen LogP contribution in [0.2, 0.25) is 0 Å². The number of aliphatic hydroxyl groups excluding tert-OH is 1. The van der Waals surface area contributed by atoms with E-state index >= 15 is 0 Å². The molecule has 1 unspecified atom stereocenters. The Balaban J connectivity index is 2.36. The summed E-state index contributed by atoms with van der Waals surface area (Å²) in [5.74, 6) is 0. The Labute approximate surface area is 163 Å².